The first-order chi connectivity index (χ1) is 16.0. The van der Waals surface area contributed by atoms with Gasteiger partial charge in [0.2, 0.25) is 5.56 Å². The molecule has 168 valence electrons. The lowest BCUT2D eigenvalue weighted by Gasteiger charge is -2.19. The highest BCUT2D eigenvalue weighted by Gasteiger charge is 2.27. The number of rotatable bonds is 6. The van der Waals surface area contributed by atoms with Crippen molar-refractivity contribution in [2.24, 2.45) is 5.73 Å². The zero-order valence-electron chi connectivity index (χ0n) is 18.1. The molecule has 0 radical (unpaired) electrons. The molecule has 6 nitrogen and oxygen atoms in total. The fourth-order valence-corrected chi connectivity index (χ4v) is 5.88. The summed E-state index contributed by atoms with van der Waals surface area (Å²) in [5.41, 5.74) is 11.8. The van der Waals surface area contributed by atoms with Crippen LogP contribution in [-0.2, 0) is 12.8 Å². The molecule has 33 heavy (non-hydrogen) atoms. The molecule has 0 unspecified atom stereocenters. The Kier molecular flexibility index (Phi) is 5.83. The van der Waals surface area contributed by atoms with Gasteiger partial charge in [-0.05, 0) is 72.1 Å². The summed E-state index contributed by atoms with van der Waals surface area (Å²) in [5, 5.41) is 10.9. The Balaban J connectivity index is 1.62. The number of nitrogens with zero attached hydrogens (tertiary/aromatic N) is 1. The van der Waals surface area contributed by atoms with E-state index in [0.717, 1.165) is 63.8 Å². The molecule has 1 amide bonds. The van der Waals surface area contributed by atoms with Crippen LogP contribution in [0, 0.1) is 0 Å². The van der Waals surface area contributed by atoms with Crippen molar-refractivity contribution in [1.82, 2.24) is 9.97 Å². The number of hydrogen-bond donors (Lipinski definition) is 3. The van der Waals surface area contributed by atoms with E-state index in [2.05, 4.69) is 11.1 Å². The van der Waals surface area contributed by atoms with Gasteiger partial charge in [-0.15, -0.1) is 11.3 Å². The number of thiophene rings is 1. The minimum atomic E-state index is -0.459. The minimum Gasteiger partial charge on any atom is -0.396 e. The summed E-state index contributed by atoms with van der Waals surface area (Å²) in [6.45, 7) is -0.0136. The van der Waals surface area contributed by atoms with Gasteiger partial charge in [0.1, 0.15) is 4.83 Å². The fourth-order valence-electron chi connectivity index (χ4n) is 4.79. The molecule has 0 saturated heterocycles. The van der Waals surface area contributed by atoms with Crippen LogP contribution < -0.4 is 11.3 Å². The van der Waals surface area contributed by atoms with Crippen molar-refractivity contribution in [2.45, 2.75) is 38.0 Å². The Morgan fingerprint density at radius 3 is 2.58 bits per heavy atom. The first-order valence-electron chi connectivity index (χ1n) is 11.2. The van der Waals surface area contributed by atoms with Crippen LogP contribution in [0.15, 0.2) is 53.5 Å². The molecule has 5 rings (SSSR count). The molecule has 4 aromatic rings. The van der Waals surface area contributed by atoms with Crippen molar-refractivity contribution in [1.29, 1.82) is 0 Å². The standard InChI is InChI=1S/C26H25N3O3S/c27-25(32)24-23(20-13-17-3-1-2-4-21(17)29-26(20)33-24)19(11-12-30)16-7-5-15(6-8-16)18-9-10-22(31)28-14-18/h5-10,13-14,19,30H,1-4,11-12H2,(H2,27,32)(H,28,31)/t19-/m1/s1. The fraction of sp³-hybridized carbons (Fsp3) is 0.269. The Morgan fingerprint density at radius 2 is 1.88 bits per heavy atom. The third-order valence-corrected chi connectivity index (χ3v) is 7.55. The number of pyridine rings is 2. The van der Waals surface area contributed by atoms with Crippen molar-refractivity contribution in [3.05, 3.63) is 86.3 Å². The minimum absolute atomic E-state index is 0.0136. The number of nitrogens with two attached hydrogens (primary N) is 1. The summed E-state index contributed by atoms with van der Waals surface area (Å²) < 4.78 is 0. The highest BCUT2D eigenvalue weighted by molar-refractivity contribution is 7.20. The van der Waals surface area contributed by atoms with Gasteiger partial charge >= 0.3 is 0 Å². The number of carbonyl (C=O) groups excluding carboxylic acids is 1. The maximum atomic E-state index is 12.4. The number of amides is 1. The first-order valence-corrected chi connectivity index (χ1v) is 12.0. The third-order valence-electron chi connectivity index (χ3n) is 6.42. The molecule has 3 heterocycles. The second-order valence-corrected chi connectivity index (χ2v) is 9.49. The monoisotopic (exact) mass is 459 g/mol. The van der Waals surface area contributed by atoms with Crippen LogP contribution >= 0.6 is 11.3 Å². The summed E-state index contributed by atoms with van der Waals surface area (Å²) in [6.07, 6.45) is 6.42. The van der Waals surface area contributed by atoms with Gasteiger partial charge < -0.3 is 15.8 Å². The summed E-state index contributed by atoms with van der Waals surface area (Å²) >= 11 is 1.35. The zero-order valence-corrected chi connectivity index (χ0v) is 19.0. The van der Waals surface area contributed by atoms with Crippen LogP contribution in [0.4, 0.5) is 0 Å². The molecular formula is C26H25N3O3S. The number of fused-ring (bicyclic) bond motifs is 2. The van der Waals surface area contributed by atoms with Crippen LogP contribution in [-0.4, -0.2) is 27.6 Å². The molecule has 1 atom stereocenters. The van der Waals surface area contributed by atoms with Crippen molar-refractivity contribution in [3.63, 3.8) is 0 Å². The highest BCUT2D eigenvalue weighted by Crippen LogP contribution is 2.41. The van der Waals surface area contributed by atoms with Crippen LogP contribution in [0.25, 0.3) is 21.3 Å². The predicted molar refractivity (Wildman–Crippen MR) is 131 cm³/mol. The van der Waals surface area contributed by atoms with Crippen molar-refractivity contribution >= 4 is 27.5 Å². The van der Waals surface area contributed by atoms with E-state index >= 15 is 0 Å². The van der Waals surface area contributed by atoms with Gasteiger partial charge in [-0.25, -0.2) is 4.98 Å². The van der Waals surface area contributed by atoms with Gasteiger partial charge in [0.05, 0.1) is 4.88 Å². The van der Waals surface area contributed by atoms with Gasteiger partial charge in [-0.2, -0.15) is 0 Å². The third kappa shape index (κ3) is 4.10. The Morgan fingerprint density at radius 1 is 1.12 bits per heavy atom. The molecule has 3 aromatic heterocycles. The number of aliphatic hydroxyl groups is 1. The summed E-state index contributed by atoms with van der Waals surface area (Å²) in [4.78, 5) is 32.7. The lowest BCUT2D eigenvalue weighted by Crippen LogP contribution is -2.14. The molecule has 0 fully saturated rings. The second-order valence-electron chi connectivity index (χ2n) is 8.49. The van der Waals surface area contributed by atoms with E-state index in [1.807, 2.05) is 24.3 Å². The van der Waals surface area contributed by atoms with E-state index in [4.69, 9.17) is 10.7 Å². The maximum absolute atomic E-state index is 12.4. The summed E-state index contributed by atoms with van der Waals surface area (Å²) in [7, 11) is 0. The summed E-state index contributed by atoms with van der Waals surface area (Å²) in [6, 6.07) is 13.5. The maximum Gasteiger partial charge on any atom is 0.259 e. The first kappa shape index (κ1) is 21.6. The van der Waals surface area contributed by atoms with Gasteiger partial charge in [-0.3, -0.25) is 9.59 Å². The number of benzene rings is 1. The number of primary amides is 1. The molecule has 7 heteroatoms. The number of aryl methyl sites for hydroxylation is 2. The predicted octanol–water partition coefficient (Wildman–Crippen LogP) is 4.14. The average molecular weight is 460 g/mol. The molecular weight excluding hydrogens is 434 g/mol. The van der Waals surface area contributed by atoms with Crippen molar-refractivity contribution < 1.29 is 9.90 Å². The number of aromatic nitrogens is 2. The number of carbonyl (C=O) groups is 1. The van der Waals surface area contributed by atoms with Gasteiger partial charge in [-0.1, -0.05) is 24.3 Å². The smallest absolute Gasteiger partial charge is 0.259 e. The van der Waals surface area contributed by atoms with E-state index in [1.165, 1.54) is 23.0 Å². The SMILES string of the molecule is NC(=O)c1sc2nc3c(cc2c1[C@H](CCO)c1ccc(-c2ccc(=O)[nH]c2)cc1)CCCC3. The van der Waals surface area contributed by atoms with Crippen molar-refractivity contribution in [3.8, 4) is 11.1 Å². The largest absolute Gasteiger partial charge is 0.396 e. The lowest BCUT2D eigenvalue weighted by molar-refractivity contribution is 0.100. The van der Waals surface area contributed by atoms with Crippen LogP contribution in [0.2, 0.25) is 0 Å². The molecule has 0 bridgehead atoms. The molecule has 0 aliphatic heterocycles. The molecule has 0 spiro atoms. The lowest BCUT2D eigenvalue weighted by atomic mass is 9.85. The number of aromatic amines is 1. The van der Waals surface area contributed by atoms with Crippen LogP contribution in [0.1, 0.15) is 57.2 Å². The van der Waals surface area contributed by atoms with Crippen molar-refractivity contribution in [2.75, 3.05) is 6.61 Å². The van der Waals surface area contributed by atoms with E-state index < -0.39 is 5.91 Å². The number of aliphatic hydroxyl groups excluding tert-OH is 1. The topological polar surface area (TPSA) is 109 Å². The summed E-state index contributed by atoms with van der Waals surface area (Å²) in [5.74, 6) is -0.641. The molecule has 0 saturated carbocycles. The van der Waals surface area contributed by atoms with E-state index in [9.17, 15) is 14.7 Å². The zero-order chi connectivity index (χ0) is 22.9. The van der Waals surface area contributed by atoms with Gasteiger partial charge in [0.15, 0.2) is 0 Å². The quantitative estimate of drug-likeness (QED) is 0.402. The van der Waals surface area contributed by atoms with Crippen LogP contribution in [0.5, 0.6) is 0 Å². The highest BCUT2D eigenvalue weighted by atomic mass is 32.1. The average Bonchev–Trinajstić information content (AvgIpc) is 3.20. The number of H-pyrrole nitrogens is 1. The van der Waals surface area contributed by atoms with Crippen LogP contribution in [0.3, 0.4) is 0 Å². The molecule has 4 N–H and O–H groups in total. The molecule has 1 aliphatic rings. The molecule has 1 aromatic carbocycles. The van der Waals surface area contributed by atoms with E-state index in [0.29, 0.717) is 11.3 Å². The number of nitrogens with one attached hydrogen (secondary N) is 1. The van der Waals surface area contributed by atoms with Gasteiger partial charge in [0.25, 0.3) is 5.91 Å². The second kappa shape index (κ2) is 8.92. The van der Waals surface area contributed by atoms with E-state index in [-0.39, 0.29) is 18.1 Å². The Hall–Kier alpha value is -3.29. The van der Waals surface area contributed by atoms with Gasteiger partial charge in [0, 0.05) is 35.9 Å². The van der Waals surface area contributed by atoms with E-state index in [1.54, 1.807) is 12.3 Å². The Labute approximate surface area is 195 Å². The normalized spacial score (nSPS) is 14.2. The Bertz CT molecular complexity index is 1370. The number of hydrogen-bond acceptors (Lipinski definition) is 5. The molecule has 1 aliphatic carbocycles.